The highest BCUT2D eigenvalue weighted by molar-refractivity contribution is 6.47. The molecule has 0 spiro atoms. The van der Waals surface area contributed by atoms with Crippen LogP contribution in [-0.4, -0.2) is 50.1 Å². The Hall–Kier alpha value is -1.64. The highest BCUT2D eigenvalue weighted by Gasteiger charge is 2.68. The molecular weight excluding hydrogens is 422 g/mol. The summed E-state index contributed by atoms with van der Waals surface area (Å²) in [4.78, 5) is 12.8. The van der Waals surface area contributed by atoms with Crippen LogP contribution in [0.2, 0.25) is 0 Å². The van der Waals surface area contributed by atoms with E-state index in [9.17, 15) is 9.18 Å². The van der Waals surface area contributed by atoms with Gasteiger partial charge in [-0.3, -0.25) is 0 Å². The molecule has 2 bridgehead atoms. The normalized spacial score (nSPS) is 35.3. The molecule has 0 unspecified atom stereocenters. The zero-order valence-corrected chi connectivity index (χ0v) is 19.9. The van der Waals surface area contributed by atoms with E-state index in [1.807, 2.05) is 0 Å². The summed E-state index contributed by atoms with van der Waals surface area (Å²) < 4.78 is 32.1. The lowest BCUT2D eigenvalue weighted by Gasteiger charge is -2.64. The molecule has 0 aromatic heterocycles. The van der Waals surface area contributed by atoms with Gasteiger partial charge in [-0.05, 0) is 86.9 Å². The minimum atomic E-state index is -0.521. The van der Waals surface area contributed by atoms with Crippen molar-refractivity contribution in [3.63, 3.8) is 0 Å². The van der Waals surface area contributed by atoms with E-state index in [-0.39, 0.29) is 35.0 Å². The number of carbonyl (C=O) groups is 1. The second kappa shape index (κ2) is 8.86. The largest absolute Gasteiger partial charge is 0.481 e. The molecule has 2 saturated heterocycles. The molecule has 3 aliphatic carbocycles. The molecule has 6 nitrogen and oxygen atoms in total. The number of piperidine rings is 1. The molecule has 1 aromatic rings. The van der Waals surface area contributed by atoms with E-state index in [1.165, 1.54) is 18.6 Å². The van der Waals surface area contributed by atoms with E-state index >= 15 is 0 Å². The van der Waals surface area contributed by atoms with E-state index in [0.29, 0.717) is 31.2 Å². The van der Waals surface area contributed by atoms with Crippen LogP contribution in [-0.2, 0) is 20.5 Å². The highest BCUT2D eigenvalue weighted by Crippen LogP contribution is 2.65. The van der Waals surface area contributed by atoms with Crippen molar-refractivity contribution in [2.24, 2.45) is 17.3 Å². The smallest absolute Gasteiger partial charge is 0.445 e. The van der Waals surface area contributed by atoms with E-state index < -0.39 is 13.2 Å². The van der Waals surface area contributed by atoms with Gasteiger partial charge in [0, 0.05) is 6.54 Å². The highest BCUT2D eigenvalue weighted by atomic mass is 19.1. The van der Waals surface area contributed by atoms with Crippen LogP contribution in [0.5, 0.6) is 0 Å². The van der Waals surface area contributed by atoms with Crippen molar-refractivity contribution in [3.05, 3.63) is 35.6 Å². The predicted octanol–water partition coefficient (Wildman–Crippen LogP) is 3.87. The first-order valence-electron chi connectivity index (χ1n) is 12.5. The zero-order valence-electron chi connectivity index (χ0n) is 19.9. The van der Waals surface area contributed by atoms with Crippen molar-refractivity contribution in [2.45, 2.75) is 83.0 Å². The molecule has 3 saturated carbocycles. The van der Waals surface area contributed by atoms with Gasteiger partial charge in [0.2, 0.25) is 0 Å². The Morgan fingerprint density at radius 1 is 1.30 bits per heavy atom. The fraction of sp³-hybridized carbons (Fsp3) is 0.720. The van der Waals surface area contributed by atoms with Gasteiger partial charge in [0.05, 0.1) is 17.6 Å². The molecular formula is C25H36BFN2O4. The van der Waals surface area contributed by atoms with Crippen LogP contribution in [0.4, 0.5) is 9.18 Å². The Morgan fingerprint density at radius 3 is 2.79 bits per heavy atom. The predicted molar refractivity (Wildman–Crippen MR) is 124 cm³/mol. The number of benzene rings is 1. The molecule has 2 N–H and O–H groups in total. The van der Waals surface area contributed by atoms with Gasteiger partial charge in [0.15, 0.2) is 0 Å². The van der Waals surface area contributed by atoms with Gasteiger partial charge >= 0.3 is 13.2 Å². The average molecular weight is 458 g/mol. The maximum absolute atomic E-state index is 13.3. The molecule has 2 heterocycles. The standard InChI is InChI=1S/C25H36BFN2O4/c1-24(2)17-13-20(24)25(3)21(14-17)32-26(33-25)22(11-8-16-6-9-18(27)10-7-16)29-23(30)31-19-5-4-12-28-15-19/h6-7,9-10,17,19-22,28H,4-5,8,11-15H2,1-3H3,(H,29,30)/t17-,19-,20-,21+,22-,25-/m0/s1. The Labute approximate surface area is 196 Å². The lowest BCUT2D eigenvalue weighted by atomic mass is 9.43. The number of aryl methyl sites for hydroxylation is 1. The molecule has 1 amide bonds. The number of ether oxygens (including phenoxy) is 1. The van der Waals surface area contributed by atoms with E-state index in [4.69, 9.17) is 14.0 Å². The lowest BCUT2D eigenvalue weighted by Crippen LogP contribution is -2.65. The molecule has 180 valence electrons. The Morgan fingerprint density at radius 2 is 2.09 bits per heavy atom. The number of alkyl carbamates (subject to hydrolysis) is 1. The monoisotopic (exact) mass is 458 g/mol. The van der Waals surface area contributed by atoms with Crippen molar-refractivity contribution in [1.82, 2.24) is 10.6 Å². The molecule has 5 aliphatic rings. The van der Waals surface area contributed by atoms with Gasteiger partial charge in [-0.1, -0.05) is 26.0 Å². The maximum Gasteiger partial charge on any atom is 0.481 e. The summed E-state index contributed by atoms with van der Waals surface area (Å²) >= 11 is 0. The second-order valence-electron chi connectivity index (χ2n) is 11.1. The Kier molecular flexibility index (Phi) is 6.21. The summed E-state index contributed by atoms with van der Waals surface area (Å²) in [6.45, 7) is 8.50. The maximum atomic E-state index is 13.3. The topological polar surface area (TPSA) is 68.8 Å². The van der Waals surface area contributed by atoms with Crippen molar-refractivity contribution < 1.29 is 23.2 Å². The fourth-order valence-electron chi connectivity index (χ4n) is 6.58. The summed E-state index contributed by atoms with van der Waals surface area (Å²) in [6, 6.07) is 6.51. The number of amides is 1. The Bertz CT molecular complexity index is 862. The third-order valence-corrected chi connectivity index (χ3v) is 8.78. The van der Waals surface area contributed by atoms with Crippen LogP contribution in [0, 0.1) is 23.1 Å². The number of rotatable bonds is 6. The average Bonchev–Trinajstić information content (AvgIpc) is 3.15. The van der Waals surface area contributed by atoms with Gasteiger partial charge in [0.25, 0.3) is 0 Å². The summed E-state index contributed by atoms with van der Waals surface area (Å²) in [7, 11) is -0.521. The minimum absolute atomic E-state index is 0.0490. The molecule has 5 fully saturated rings. The summed E-state index contributed by atoms with van der Waals surface area (Å²) in [5.74, 6) is 0.523. The van der Waals surface area contributed by atoms with Crippen molar-refractivity contribution in [3.8, 4) is 0 Å². The quantitative estimate of drug-likeness (QED) is 0.634. The molecule has 6 rings (SSSR count). The number of hydrogen-bond acceptors (Lipinski definition) is 5. The van der Waals surface area contributed by atoms with Crippen LogP contribution in [0.1, 0.15) is 58.4 Å². The Balaban J connectivity index is 1.28. The van der Waals surface area contributed by atoms with Crippen molar-refractivity contribution >= 4 is 13.2 Å². The molecule has 1 aromatic carbocycles. The van der Waals surface area contributed by atoms with Gasteiger partial charge in [-0.25, -0.2) is 9.18 Å². The molecule has 6 atom stereocenters. The summed E-state index contributed by atoms with van der Waals surface area (Å²) in [5, 5.41) is 6.32. The first-order valence-corrected chi connectivity index (χ1v) is 12.5. The van der Waals surface area contributed by atoms with Gasteiger partial charge in [-0.2, -0.15) is 0 Å². The fourth-order valence-corrected chi connectivity index (χ4v) is 6.58. The third kappa shape index (κ3) is 4.42. The first kappa shape index (κ1) is 23.1. The lowest BCUT2D eigenvalue weighted by molar-refractivity contribution is -0.199. The van der Waals surface area contributed by atoms with Crippen LogP contribution < -0.4 is 10.6 Å². The number of carbonyl (C=O) groups excluding carboxylic acids is 1. The van der Waals surface area contributed by atoms with Gasteiger partial charge in [0.1, 0.15) is 11.9 Å². The molecule has 33 heavy (non-hydrogen) atoms. The van der Waals surface area contributed by atoms with Crippen molar-refractivity contribution in [2.75, 3.05) is 13.1 Å². The third-order valence-electron chi connectivity index (χ3n) is 8.78. The van der Waals surface area contributed by atoms with Crippen LogP contribution in [0.25, 0.3) is 0 Å². The second-order valence-corrected chi connectivity index (χ2v) is 11.1. The van der Waals surface area contributed by atoms with E-state index in [2.05, 4.69) is 31.4 Å². The van der Waals surface area contributed by atoms with Crippen LogP contribution in [0.15, 0.2) is 24.3 Å². The number of hydrogen-bond donors (Lipinski definition) is 2. The van der Waals surface area contributed by atoms with Crippen LogP contribution in [0.3, 0.4) is 0 Å². The van der Waals surface area contributed by atoms with E-state index in [1.54, 1.807) is 12.1 Å². The number of nitrogens with one attached hydrogen (secondary N) is 2. The van der Waals surface area contributed by atoms with Gasteiger partial charge in [-0.15, -0.1) is 0 Å². The number of halogens is 1. The SMILES string of the molecule is CC1(C)[C@@H]2C[C@H]3OB([C@H](CCc4ccc(F)cc4)NC(=O)O[C@H]4CCCNC4)O[C@@]3(C)[C@H]1C2. The van der Waals surface area contributed by atoms with Gasteiger partial charge < -0.3 is 24.7 Å². The first-order chi connectivity index (χ1) is 15.8. The molecule has 8 heteroatoms. The van der Waals surface area contributed by atoms with Crippen molar-refractivity contribution in [1.29, 1.82) is 0 Å². The van der Waals surface area contributed by atoms with Crippen LogP contribution >= 0.6 is 0 Å². The molecule has 0 radical (unpaired) electrons. The molecule has 2 aliphatic heterocycles. The minimum Gasteiger partial charge on any atom is -0.445 e. The zero-order chi connectivity index (χ0) is 23.2. The summed E-state index contributed by atoms with van der Waals surface area (Å²) in [5.41, 5.74) is 0.932. The van der Waals surface area contributed by atoms with E-state index in [0.717, 1.165) is 31.4 Å². The summed E-state index contributed by atoms with van der Waals surface area (Å²) in [6.07, 6.45) is 4.86.